The number of nitrogens with two attached hydrogens (primary N) is 1. The highest BCUT2D eigenvalue weighted by atomic mass is 35.5. The number of benzene rings is 1. The standard InChI is InChI=1S/C16H16ClN3/c17-13-8-9-15-19-16(12-5-2-1-3-6-12)14(7-4-10-18)20(15)11-13/h1-3,5-6,8-9,11H,4,7,10,18H2. The SMILES string of the molecule is NCCCc1c(-c2ccccc2)nc2ccc(Cl)cn12. The molecule has 0 unspecified atom stereocenters. The summed E-state index contributed by atoms with van der Waals surface area (Å²) in [5.74, 6) is 0. The maximum atomic E-state index is 6.11. The van der Waals surface area contributed by atoms with Gasteiger partial charge in [0.25, 0.3) is 0 Å². The monoisotopic (exact) mass is 285 g/mol. The van der Waals surface area contributed by atoms with Gasteiger partial charge in [0.1, 0.15) is 5.65 Å². The average molecular weight is 286 g/mol. The summed E-state index contributed by atoms with van der Waals surface area (Å²) in [7, 11) is 0. The van der Waals surface area contributed by atoms with E-state index in [0.717, 1.165) is 29.7 Å². The first-order chi connectivity index (χ1) is 9.79. The Morgan fingerprint density at radius 2 is 1.90 bits per heavy atom. The van der Waals surface area contributed by atoms with Crippen LogP contribution in [0.25, 0.3) is 16.9 Å². The Balaban J connectivity index is 2.19. The molecule has 0 aliphatic heterocycles. The summed E-state index contributed by atoms with van der Waals surface area (Å²) in [6, 6.07) is 14.0. The molecule has 102 valence electrons. The molecular formula is C16H16ClN3. The highest BCUT2D eigenvalue weighted by Gasteiger charge is 2.13. The van der Waals surface area contributed by atoms with Crippen LogP contribution in [0.4, 0.5) is 0 Å². The zero-order valence-electron chi connectivity index (χ0n) is 11.1. The molecule has 0 aliphatic carbocycles. The number of aromatic nitrogens is 2. The van der Waals surface area contributed by atoms with Crippen molar-refractivity contribution in [2.24, 2.45) is 5.73 Å². The molecule has 2 heterocycles. The number of rotatable bonds is 4. The van der Waals surface area contributed by atoms with Gasteiger partial charge < -0.3 is 10.1 Å². The van der Waals surface area contributed by atoms with E-state index >= 15 is 0 Å². The molecule has 3 nitrogen and oxygen atoms in total. The summed E-state index contributed by atoms with van der Waals surface area (Å²) in [5, 5.41) is 0.712. The molecule has 0 saturated carbocycles. The Labute approximate surface area is 123 Å². The van der Waals surface area contributed by atoms with Crippen LogP contribution in [0.15, 0.2) is 48.7 Å². The van der Waals surface area contributed by atoms with Crippen LogP contribution in [-0.4, -0.2) is 15.9 Å². The van der Waals surface area contributed by atoms with Crippen LogP contribution in [0.2, 0.25) is 5.02 Å². The molecule has 4 heteroatoms. The third-order valence-corrected chi connectivity index (χ3v) is 3.57. The van der Waals surface area contributed by atoms with Gasteiger partial charge in [-0.1, -0.05) is 41.9 Å². The van der Waals surface area contributed by atoms with Gasteiger partial charge in [0.15, 0.2) is 0 Å². The van der Waals surface area contributed by atoms with Crippen molar-refractivity contribution >= 4 is 17.2 Å². The Hall–Kier alpha value is -1.84. The second kappa shape index (κ2) is 5.65. The predicted molar refractivity (Wildman–Crippen MR) is 83.0 cm³/mol. The van der Waals surface area contributed by atoms with E-state index in [9.17, 15) is 0 Å². The number of imidazole rings is 1. The van der Waals surface area contributed by atoms with Crippen molar-refractivity contribution in [3.63, 3.8) is 0 Å². The van der Waals surface area contributed by atoms with E-state index in [1.165, 1.54) is 5.69 Å². The third-order valence-electron chi connectivity index (χ3n) is 3.35. The molecule has 2 N–H and O–H groups in total. The van der Waals surface area contributed by atoms with Gasteiger partial charge >= 0.3 is 0 Å². The van der Waals surface area contributed by atoms with E-state index in [4.69, 9.17) is 22.3 Å². The highest BCUT2D eigenvalue weighted by Crippen LogP contribution is 2.26. The number of fused-ring (bicyclic) bond motifs is 1. The van der Waals surface area contributed by atoms with Crippen LogP contribution < -0.4 is 5.73 Å². The summed E-state index contributed by atoms with van der Waals surface area (Å²) >= 11 is 6.11. The molecule has 0 bridgehead atoms. The van der Waals surface area contributed by atoms with Crippen LogP contribution in [0.3, 0.4) is 0 Å². The average Bonchev–Trinajstić information content (AvgIpc) is 2.84. The van der Waals surface area contributed by atoms with Crippen molar-refractivity contribution < 1.29 is 0 Å². The van der Waals surface area contributed by atoms with Crippen LogP contribution in [0.1, 0.15) is 12.1 Å². The lowest BCUT2D eigenvalue weighted by Crippen LogP contribution is -2.03. The van der Waals surface area contributed by atoms with Crippen molar-refractivity contribution in [2.75, 3.05) is 6.54 Å². The molecule has 0 radical (unpaired) electrons. The van der Waals surface area contributed by atoms with E-state index in [0.29, 0.717) is 11.6 Å². The second-order valence-electron chi connectivity index (χ2n) is 4.74. The van der Waals surface area contributed by atoms with Crippen molar-refractivity contribution in [2.45, 2.75) is 12.8 Å². The van der Waals surface area contributed by atoms with Crippen molar-refractivity contribution in [3.05, 3.63) is 59.4 Å². The molecule has 3 aromatic rings. The van der Waals surface area contributed by atoms with Crippen molar-refractivity contribution in [1.29, 1.82) is 0 Å². The van der Waals surface area contributed by atoms with Gasteiger partial charge in [-0.2, -0.15) is 0 Å². The largest absolute Gasteiger partial charge is 0.330 e. The maximum absolute atomic E-state index is 6.11. The van der Waals surface area contributed by atoms with Gasteiger partial charge in [-0.15, -0.1) is 0 Å². The zero-order chi connectivity index (χ0) is 13.9. The van der Waals surface area contributed by atoms with Gasteiger partial charge in [0.2, 0.25) is 0 Å². The van der Waals surface area contributed by atoms with Gasteiger partial charge in [-0.3, -0.25) is 0 Å². The van der Waals surface area contributed by atoms with E-state index in [-0.39, 0.29) is 0 Å². The van der Waals surface area contributed by atoms with Crippen molar-refractivity contribution in [3.8, 4) is 11.3 Å². The van der Waals surface area contributed by atoms with Crippen LogP contribution in [-0.2, 0) is 6.42 Å². The quantitative estimate of drug-likeness (QED) is 0.797. The lowest BCUT2D eigenvalue weighted by atomic mass is 10.1. The minimum Gasteiger partial charge on any atom is -0.330 e. The molecule has 0 spiro atoms. The lowest BCUT2D eigenvalue weighted by Gasteiger charge is -2.05. The summed E-state index contributed by atoms with van der Waals surface area (Å²) in [6.07, 6.45) is 3.74. The van der Waals surface area contributed by atoms with Crippen LogP contribution in [0, 0.1) is 0 Å². The summed E-state index contributed by atoms with van der Waals surface area (Å²) in [6.45, 7) is 0.669. The summed E-state index contributed by atoms with van der Waals surface area (Å²) in [5.41, 5.74) is 9.87. The molecule has 0 fully saturated rings. The zero-order valence-corrected chi connectivity index (χ0v) is 11.8. The van der Waals surface area contributed by atoms with E-state index in [1.807, 2.05) is 36.5 Å². The Morgan fingerprint density at radius 1 is 1.10 bits per heavy atom. The fourth-order valence-electron chi connectivity index (χ4n) is 2.40. The first-order valence-electron chi connectivity index (χ1n) is 6.71. The Bertz CT molecular complexity index is 719. The number of nitrogens with zero attached hydrogens (tertiary/aromatic N) is 2. The molecule has 0 amide bonds. The Morgan fingerprint density at radius 3 is 2.65 bits per heavy atom. The minimum atomic E-state index is 0.669. The summed E-state index contributed by atoms with van der Waals surface area (Å²) < 4.78 is 2.07. The summed E-state index contributed by atoms with van der Waals surface area (Å²) in [4.78, 5) is 4.74. The molecule has 20 heavy (non-hydrogen) atoms. The molecule has 1 aromatic carbocycles. The number of hydrogen-bond acceptors (Lipinski definition) is 2. The lowest BCUT2D eigenvalue weighted by molar-refractivity contribution is 0.804. The Kier molecular flexibility index (Phi) is 3.72. The van der Waals surface area contributed by atoms with Gasteiger partial charge in [-0.05, 0) is 31.5 Å². The van der Waals surface area contributed by atoms with Gasteiger partial charge in [-0.25, -0.2) is 4.98 Å². The fraction of sp³-hybridized carbons (Fsp3) is 0.188. The minimum absolute atomic E-state index is 0.669. The van der Waals surface area contributed by atoms with Gasteiger partial charge in [0, 0.05) is 11.8 Å². The van der Waals surface area contributed by atoms with Crippen molar-refractivity contribution in [1.82, 2.24) is 9.38 Å². The third kappa shape index (κ3) is 2.42. The number of halogens is 1. The first-order valence-corrected chi connectivity index (χ1v) is 7.09. The first kappa shape index (κ1) is 13.2. The molecule has 0 saturated heterocycles. The van der Waals surface area contributed by atoms with E-state index in [2.05, 4.69) is 16.5 Å². The number of pyridine rings is 1. The predicted octanol–water partition coefficient (Wildman–Crippen LogP) is 3.55. The maximum Gasteiger partial charge on any atom is 0.137 e. The number of aryl methyl sites for hydroxylation is 1. The molecule has 0 atom stereocenters. The van der Waals surface area contributed by atoms with Gasteiger partial charge in [0.05, 0.1) is 16.4 Å². The van der Waals surface area contributed by atoms with E-state index in [1.54, 1.807) is 0 Å². The van der Waals surface area contributed by atoms with Crippen LogP contribution >= 0.6 is 11.6 Å². The normalized spacial score (nSPS) is 11.1. The molecule has 3 rings (SSSR count). The van der Waals surface area contributed by atoms with E-state index < -0.39 is 0 Å². The molecular weight excluding hydrogens is 270 g/mol. The van der Waals surface area contributed by atoms with Crippen LogP contribution in [0.5, 0.6) is 0 Å². The topological polar surface area (TPSA) is 43.3 Å². The second-order valence-corrected chi connectivity index (χ2v) is 5.18. The smallest absolute Gasteiger partial charge is 0.137 e. The highest BCUT2D eigenvalue weighted by molar-refractivity contribution is 6.30. The molecule has 0 aliphatic rings. The number of hydrogen-bond donors (Lipinski definition) is 1. The fourth-order valence-corrected chi connectivity index (χ4v) is 2.56. The molecule has 2 aromatic heterocycles.